The molecule has 0 amide bonds. The molecule has 0 radical (unpaired) electrons. The first kappa shape index (κ1) is 12.3. The standard InChI is InChI=1S/C12H6BrClN2S2/c13-9-8-11(17)15-5-16-12(8)18-10(9)6-1-3-7(14)4-2-6/h1-5H,(H,15,16,17). The molecule has 2 heterocycles. The lowest BCUT2D eigenvalue weighted by Gasteiger charge is -1.98. The van der Waals surface area contributed by atoms with Crippen molar-refractivity contribution < 1.29 is 0 Å². The first-order chi connectivity index (χ1) is 8.66. The molecule has 0 atom stereocenters. The number of halogens is 2. The first-order valence-corrected chi connectivity index (χ1v) is 7.48. The maximum atomic E-state index is 5.90. The summed E-state index contributed by atoms with van der Waals surface area (Å²) in [5, 5.41) is 1.69. The van der Waals surface area contributed by atoms with Crippen LogP contribution in [-0.4, -0.2) is 9.97 Å². The number of hydrogen-bond acceptors (Lipinski definition) is 3. The van der Waals surface area contributed by atoms with Gasteiger partial charge in [0.1, 0.15) is 9.47 Å². The second-order valence-corrected chi connectivity index (χ2v) is 6.30. The van der Waals surface area contributed by atoms with Gasteiger partial charge in [0.25, 0.3) is 0 Å². The van der Waals surface area contributed by atoms with Gasteiger partial charge < -0.3 is 4.98 Å². The fourth-order valence-corrected chi connectivity index (χ4v) is 4.31. The molecule has 0 bridgehead atoms. The lowest BCUT2D eigenvalue weighted by molar-refractivity contribution is 1.22. The van der Waals surface area contributed by atoms with Gasteiger partial charge in [-0.2, -0.15) is 0 Å². The van der Waals surface area contributed by atoms with E-state index >= 15 is 0 Å². The summed E-state index contributed by atoms with van der Waals surface area (Å²) in [6.07, 6.45) is 1.62. The van der Waals surface area contributed by atoms with Gasteiger partial charge in [-0.3, -0.25) is 0 Å². The van der Waals surface area contributed by atoms with Gasteiger partial charge in [-0.15, -0.1) is 11.3 Å². The molecule has 0 fully saturated rings. The van der Waals surface area contributed by atoms with E-state index in [0.29, 0.717) is 4.64 Å². The molecule has 3 aromatic rings. The average Bonchev–Trinajstić information content (AvgIpc) is 2.69. The normalized spacial score (nSPS) is 11.0. The second-order valence-electron chi connectivity index (χ2n) is 3.66. The van der Waals surface area contributed by atoms with Gasteiger partial charge in [-0.25, -0.2) is 4.98 Å². The van der Waals surface area contributed by atoms with Crippen molar-refractivity contribution in [3.63, 3.8) is 0 Å². The highest BCUT2D eigenvalue weighted by atomic mass is 79.9. The van der Waals surface area contributed by atoms with Crippen LogP contribution in [0.2, 0.25) is 5.02 Å². The zero-order valence-electron chi connectivity index (χ0n) is 8.91. The molecule has 0 spiro atoms. The van der Waals surface area contributed by atoms with Crippen molar-refractivity contribution in [3.05, 3.63) is 44.7 Å². The van der Waals surface area contributed by atoms with Crippen molar-refractivity contribution in [2.75, 3.05) is 0 Å². The first-order valence-electron chi connectivity index (χ1n) is 5.08. The van der Waals surface area contributed by atoms with Crippen LogP contribution in [0, 0.1) is 4.64 Å². The third-order valence-electron chi connectivity index (χ3n) is 2.54. The molecule has 1 aromatic carbocycles. The highest BCUT2D eigenvalue weighted by Gasteiger charge is 2.13. The Labute approximate surface area is 126 Å². The quantitative estimate of drug-likeness (QED) is 0.588. The zero-order valence-corrected chi connectivity index (χ0v) is 12.9. The van der Waals surface area contributed by atoms with Crippen LogP contribution in [0.5, 0.6) is 0 Å². The minimum atomic E-state index is 0.698. The zero-order chi connectivity index (χ0) is 12.7. The van der Waals surface area contributed by atoms with Gasteiger partial charge in [0.05, 0.1) is 16.6 Å². The Morgan fingerprint density at radius 2 is 2.00 bits per heavy atom. The predicted octanol–water partition coefficient (Wildman–Crippen LogP) is 5.44. The van der Waals surface area contributed by atoms with Gasteiger partial charge in [0, 0.05) is 9.50 Å². The summed E-state index contributed by atoms with van der Waals surface area (Å²) < 4.78 is 1.68. The topological polar surface area (TPSA) is 28.7 Å². The number of aromatic amines is 1. The van der Waals surface area contributed by atoms with E-state index < -0.39 is 0 Å². The van der Waals surface area contributed by atoms with Gasteiger partial charge in [0.15, 0.2) is 0 Å². The number of H-pyrrole nitrogens is 1. The molecule has 2 nitrogen and oxygen atoms in total. The SMILES string of the molecule is S=c1[nH]cnc2sc(-c3ccc(Cl)cc3)c(Br)c12. The third kappa shape index (κ3) is 2.01. The van der Waals surface area contributed by atoms with Crippen molar-refractivity contribution in [1.29, 1.82) is 0 Å². The number of hydrogen-bond donors (Lipinski definition) is 1. The van der Waals surface area contributed by atoms with Crippen LogP contribution >= 0.6 is 51.1 Å². The van der Waals surface area contributed by atoms with Crippen LogP contribution < -0.4 is 0 Å². The van der Waals surface area contributed by atoms with E-state index in [4.69, 9.17) is 23.8 Å². The van der Waals surface area contributed by atoms with Crippen LogP contribution in [0.3, 0.4) is 0 Å². The van der Waals surface area contributed by atoms with E-state index in [1.54, 1.807) is 17.7 Å². The molecule has 0 saturated heterocycles. The van der Waals surface area contributed by atoms with Crippen LogP contribution in [0.1, 0.15) is 0 Å². The second kappa shape index (κ2) is 4.74. The molecule has 1 N–H and O–H groups in total. The minimum Gasteiger partial charge on any atom is -0.337 e. The van der Waals surface area contributed by atoms with E-state index in [2.05, 4.69) is 25.9 Å². The van der Waals surface area contributed by atoms with Gasteiger partial charge >= 0.3 is 0 Å². The lowest BCUT2D eigenvalue weighted by atomic mass is 10.2. The Kier molecular flexibility index (Phi) is 3.23. The smallest absolute Gasteiger partial charge is 0.129 e. The van der Waals surface area contributed by atoms with Crippen LogP contribution in [0.4, 0.5) is 0 Å². The van der Waals surface area contributed by atoms with Crippen molar-refractivity contribution in [2.45, 2.75) is 0 Å². The number of nitrogens with one attached hydrogen (secondary N) is 1. The highest BCUT2D eigenvalue weighted by Crippen LogP contribution is 2.41. The number of nitrogens with zero attached hydrogens (tertiary/aromatic N) is 1. The number of benzene rings is 1. The largest absolute Gasteiger partial charge is 0.337 e. The van der Waals surface area contributed by atoms with Crippen molar-refractivity contribution in [2.24, 2.45) is 0 Å². The minimum absolute atomic E-state index is 0.698. The Balaban J connectivity index is 2.30. The molecule has 90 valence electrons. The van der Waals surface area contributed by atoms with Gasteiger partial charge in [-0.1, -0.05) is 36.0 Å². The molecular weight excluding hydrogens is 352 g/mol. The summed E-state index contributed by atoms with van der Waals surface area (Å²) in [7, 11) is 0. The summed E-state index contributed by atoms with van der Waals surface area (Å²) in [5.41, 5.74) is 1.10. The molecule has 0 aliphatic heterocycles. The Morgan fingerprint density at radius 1 is 1.28 bits per heavy atom. The molecule has 3 rings (SSSR count). The predicted molar refractivity (Wildman–Crippen MR) is 83.0 cm³/mol. The van der Waals surface area contributed by atoms with E-state index in [-0.39, 0.29) is 0 Å². The van der Waals surface area contributed by atoms with Crippen molar-refractivity contribution in [1.82, 2.24) is 9.97 Å². The Bertz CT molecular complexity index is 777. The molecule has 2 aromatic heterocycles. The Hall–Kier alpha value is -0.750. The maximum Gasteiger partial charge on any atom is 0.129 e. The number of thiophene rings is 1. The number of fused-ring (bicyclic) bond motifs is 1. The molecule has 0 unspecified atom stereocenters. The molecule has 0 aliphatic rings. The van der Waals surface area contributed by atoms with Crippen LogP contribution in [0.15, 0.2) is 35.1 Å². The van der Waals surface area contributed by atoms with Crippen LogP contribution in [0.25, 0.3) is 20.7 Å². The van der Waals surface area contributed by atoms with Crippen molar-refractivity contribution in [3.8, 4) is 10.4 Å². The number of aromatic nitrogens is 2. The summed E-state index contributed by atoms with van der Waals surface area (Å²) in [4.78, 5) is 9.29. The fraction of sp³-hybridized carbons (Fsp3) is 0. The highest BCUT2D eigenvalue weighted by molar-refractivity contribution is 9.10. The fourth-order valence-electron chi connectivity index (χ4n) is 1.70. The van der Waals surface area contributed by atoms with E-state index in [9.17, 15) is 0 Å². The molecular formula is C12H6BrClN2S2. The molecule has 0 aliphatic carbocycles. The Morgan fingerprint density at radius 3 is 2.67 bits per heavy atom. The monoisotopic (exact) mass is 356 g/mol. The third-order valence-corrected chi connectivity index (χ3v) is 5.32. The van der Waals surface area contributed by atoms with Gasteiger partial charge in [0.2, 0.25) is 0 Å². The molecule has 6 heteroatoms. The van der Waals surface area contributed by atoms with Gasteiger partial charge in [-0.05, 0) is 33.6 Å². The summed E-state index contributed by atoms with van der Waals surface area (Å²) in [6.45, 7) is 0. The molecule has 18 heavy (non-hydrogen) atoms. The van der Waals surface area contributed by atoms with Crippen LogP contribution in [-0.2, 0) is 0 Å². The number of rotatable bonds is 1. The maximum absolute atomic E-state index is 5.90. The lowest BCUT2D eigenvalue weighted by Crippen LogP contribution is -1.78. The summed E-state index contributed by atoms with van der Waals surface area (Å²) in [5.74, 6) is 0. The summed E-state index contributed by atoms with van der Waals surface area (Å²) >= 11 is 16.4. The van der Waals surface area contributed by atoms with Crippen molar-refractivity contribution >= 4 is 61.3 Å². The van der Waals surface area contributed by atoms with E-state index in [1.807, 2.05) is 24.3 Å². The van der Waals surface area contributed by atoms with E-state index in [1.165, 1.54) is 0 Å². The van der Waals surface area contributed by atoms with E-state index in [0.717, 1.165) is 30.2 Å². The molecule has 0 saturated carbocycles. The summed E-state index contributed by atoms with van der Waals surface area (Å²) in [6, 6.07) is 7.74. The average molecular weight is 358 g/mol.